The predicted octanol–water partition coefficient (Wildman–Crippen LogP) is 3.56. The van der Waals surface area contributed by atoms with Gasteiger partial charge in [-0.3, -0.25) is 4.99 Å². The molecule has 0 aliphatic carbocycles. The first-order valence-corrected chi connectivity index (χ1v) is 8.88. The van der Waals surface area contributed by atoms with Gasteiger partial charge in [0.25, 0.3) is 0 Å². The molecule has 0 aliphatic heterocycles. The highest BCUT2D eigenvalue weighted by atomic mass is 16.5. The maximum Gasteiger partial charge on any atom is 0.191 e. The van der Waals surface area contributed by atoms with Crippen LogP contribution in [0.1, 0.15) is 30.4 Å². The van der Waals surface area contributed by atoms with Crippen molar-refractivity contribution in [1.29, 1.82) is 0 Å². The zero-order valence-corrected chi connectivity index (χ0v) is 16.1. The summed E-state index contributed by atoms with van der Waals surface area (Å²) in [6.45, 7) is 3.77. The van der Waals surface area contributed by atoms with E-state index in [0.717, 1.165) is 36.0 Å². The van der Waals surface area contributed by atoms with Gasteiger partial charge in [-0.05, 0) is 35.6 Å². The largest absolute Gasteiger partial charge is 0.493 e. The van der Waals surface area contributed by atoms with Crippen LogP contribution in [-0.2, 0) is 6.54 Å². The molecule has 0 aromatic heterocycles. The first-order valence-electron chi connectivity index (χ1n) is 8.88. The maximum absolute atomic E-state index is 5.34. The summed E-state index contributed by atoms with van der Waals surface area (Å²) < 4.78 is 10.6. The third-order valence-corrected chi connectivity index (χ3v) is 4.37. The number of rotatable bonds is 8. The van der Waals surface area contributed by atoms with Gasteiger partial charge in [0.15, 0.2) is 17.5 Å². The van der Waals surface area contributed by atoms with Crippen LogP contribution in [0.3, 0.4) is 0 Å². The van der Waals surface area contributed by atoms with Gasteiger partial charge in [-0.1, -0.05) is 43.3 Å². The highest BCUT2D eigenvalue weighted by Crippen LogP contribution is 2.27. The summed E-state index contributed by atoms with van der Waals surface area (Å²) in [6, 6.07) is 16.5. The van der Waals surface area contributed by atoms with Crippen LogP contribution in [0.15, 0.2) is 53.5 Å². The van der Waals surface area contributed by atoms with Crippen molar-refractivity contribution in [2.24, 2.45) is 4.99 Å². The van der Waals surface area contributed by atoms with E-state index in [1.807, 2.05) is 24.3 Å². The number of aliphatic imine (C=N–C) groups is 1. The molecule has 0 aliphatic rings. The molecule has 2 rings (SSSR count). The Morgan fingerprint density at radius 3 is 2.38 bits per heavy atom. The van der Waals surface area contributed by atoms with Crippen molar-refractivity contribution < 1.29 is 9.47 Å². The molecule has 0 amide bonds. The molecule has 0 radical (unpaired) electrons. The number of ether oxygens (including phenoxy) is 2. The molecule has 0 saturated heterocycles. The highest BCUT2D eigenvalue weighted by Gasteiger charge is 2.07. The van der Waals surface area contributed by atoms with Crippen LogP contribution in [-0.4, -0.2) is 33.8 Å². The molecule has 5 nitrogen and oxygen atoms in total. The van der Waals surface area contributed by atoms with Crippen molar-refractivity contribution in [3.8, 4) is 11.5 Å². The molecule has 1 atom stereocenters. The summed E-state index contributed by atoms with van der Waals surface area (Å²) >= 11 is 0. The Bertz CT molecular complexity index is 702. The Hall–Kier alpha value is -2.69. The molecule has 1 unspecified atom stereocenters. The molecule has 0 spiro atoms. The molecular formula is C21H29N3O2. The fraction of sp³-hybridized carbons (Fsp3) is 0.381. The molecule has 2 aromatic rings. The number of hydrogen-bond acceptors (Lipinski definition) is 3. The SMILES string of the molecule is CN=C(NCCC(C)c1ccccc1)NCc1ccc(OC)c(OC)c1. The molecule has 5 heteroatoms. The topological polar surface area (TPSA) is 54.9 Å². The zero-order chi connectivity index (χ0) is 18.8. The van der Waals surface area contributed by atoms with E-state index in [0.29, 0.717) is 12.5 Å². The second kappa shape index (κ2) is 10.3. The summed E-state index contributed by atoms with van der Waals surface area (Å²) in [5.74, 6) is 2.76. The summed E-state index contributed by atoms with van der Waals surface area (Å²) in [5.41, 5.74) is 2.46. The van der Waals surface area contributed by atoms with Gasteiger partial charge in [0.1, 0.15) is 0 Å². The van der Waals surface area contributed by atoms with Crippen LogP contribution in [0, 0.1) is 0 Å². The second-order valence-electron chi connectivity index (χ2n) is 6.14. The van der Waals surface area contributed by atoms with E-state index in [2.05, 4.69) is 46.8 Å². The van der Waals surface area contributed by atoms with Crippen LogP contribution in [0.4, 0.5) is 0 Å². The number of nitrogens with zero attached hydrogens (tertiary/aromatic N) is 1. The van der Waals surface area contributed by atoms with Gasteiger partial charge in [-0.25, -0.2) is 0 Å². The fourth-order valence-electron chi connectivity index (χ4n) is 2.75. The van der Waals surface area contributed by atoms with Crippen LogP contribution in [0.5, 0.6) is 11.5 Å². The molecule has 0 bridgehead atoms. The van der Waals surface area contributed by atoms with Gasteiger partial charge in [-0.15, -0.1) is 0 Å². The first kappa shape index (κ1) is 19.6. The van der Waals surface area contributed by atoms with E-state index in [1.54, 1.807) is 21.3 Å². The van der Waals surface area contributed by atoms with Crippen LogP contribution < -0.4 is 20.1 Å². The van der Waals surface area contributed by atoms with Crippen LogP contribution in [0.2, 0.25) is 0 Å². The normalized spacial score (nSPS) is 12.4. The molecule has 0 saturated carbocycles. The van der Waals surface area contributed by atoms with Crippen molar-refractivity contribution in [3.05, 3.63) is 59.7 Å². The average molecular weight is 355 g/mol. The average Bonchev–Trinajstić information content (AvgIpc) is 2.70. The molecule has 0 heterocycles. The van der Waals surface area contributed by atoms with Crippen LogP contribution >= 0.6 is 0 Å². The van der Waals surface area contributed by atoms with Gasteiger partial charge in [0.2, 0.25) is 0 Å². The summed E-state index contributed by atoms with van der Waals surface area (Å²) in [5, 5.41) is 6.70. The minimum absolute atomic E-state index is 0.507. The maximum atomic E-state index is 5.34. The Labute approximate surface area is 156 Å². The Kier molecular flexibility index (Phi) is 7.80. The number of nitrogens with one attached hydrogen (secondary N) is 2. The monoisotopic (exact) mass is 355 g/mol. The van der Waals surface area contributed by atoms with E-state index < -0.39 is 0 Å². The lowest BCUT2D eigenvalue weighted by atomic mass is 9.98. The molecular weight excluding hydrogens is 326 g/mol. The summed E-state index contributed by atoms with van der Waals surface area (Å²) in [4.78, 5) is 4.29. The third kappa shape index (κ3) is 5.69. The summed E-state index contributed by atoms with van der Waals surface area (Å²) in [6.07, 6.45) is 1.04. The fourth-order valence-corrected chi connectivity index (χ4v) is 2.75. The number of benzene rings is 2. The molecule has 2 aromatic carbocycles. The van der Waals surface area contributed by atoms with Crippen molar-refractivity contribution in [3.63, 3.8) is 0 Å². The van der Waals surface area contributed by atoms with E-state index in [-0.39, 0.29) is 0 Å². The summed E-state index contributed by atoms with van der Waals surface area (Å²) in [7, 11) is 5.06. The highest BCUT2D eigenvalue weighted by molar-refractivity contribution is 5.79. The van der Waals surface area contributed by atoms with Crippen molar-refractivity contribution in [2.45, 2.75) is 25.8 Å². The van der Waals surface area contributed by atoms with Crippen molar-refractivity contribution in [2.75, 3.05) is 27.8 Å². The van der Waals surface area contributed by atoms with Gasteiger partial charge in [0.05, 0.1) is 14.2 Å². The van der Waals surface area contributed by atoms with E-state index in [4.69, 9.17) is 9.47 Å². The molecule has 140 valence electrons. The lowest BCUT2D eigenvalue weighted by molar-refractivity contribution is 0.354. The van der Waals surface area contributed by atoms with Gasteiger partial charge in [0, 0.05) is 20.1 Å². The Morgan fingerprint density at radius 2 is 1.73 bits per heavy atom. The van der Waals surface area contributed by atoms with E-state index in [9.17, 15) is 0 Å². The quantitative estimate of drug-likeness (QED) is 0.561. The number of methoxy groups -OCH3 is 2. The lowest BCUT2D eigenvalue weighted by Gasteiger charge is -2.16. The smallest absolute Gasteiger partial charge is 0.191 e. The molecule has 2 N–H and O–H groups in total. The Balaban J connectivity index is 1.81. The minimum Gasteiger partial charge on any atom is -0.493 e. The minimum atomic E-state index is 0.507. The Morgan fingerprint density at radius 1 is 1.00 bits per heavy atom. The third-order valence-electron chi connectivity index (χ3n) is 4.37. The zero-order valence-electron chi connectivity index (χ0n) is 16.1. The van der Waals surface area contributed by atoms with Gasteiger partial charge in [-0.2, -0.15) is 0 Å². The first-order chi connectivity index (χ1) is 12.7. The lowest BCUT2D eigenvalue weighted by Crippen LogP contribution is -2.37. The molecule has 26 heavy (non-hydrogen) atoms. The molecule has 0 fully saturated rings. The van der Waals surface area contributed by atoms with Gasteiger partial charge < -0.3 is 20.1 Å². The van der Waals surface area contributed by atoms with E-state index >= 15 is 0 Å². The predicted molar refractivity (Wildman–Crippen MR) is 107 cm³/mol. The van der Waals surface area contributed by atoms with Crippen LogP contribution in [0.25, 0.3) is 0 Å². The standard InChI is InChI=1S/C21H29N3O2/c1-16(18-8-6-5-7-9-18)12-13-23-21(22-2)24-15-17-10-11-19(25-3)20(14-17)26-4/h5-11,14,16H,12-13,15H2,1-4H3,(H2,22,23,24). The number of guanidine groups is 1. The second-order valence-corrected chi connectivity index (χ2v) is 6.14. The van der Waals surface area contributed by atoms with E-state index in [1.165, 1.54) is 5.56 Å². The number of hydrogen-bond donors (Lipinski definition) is 2. The van der Waals surface area contributed by atoms with Crippen molar-refractivity contribution in [1.82, 2.24) is 10.6 Å². The van der Waals surface area contributed by atoms with Gasteiger partial charge >= 0.3 is 0 Å². The van der Waals surface area contributed by atoms with Crippen molar-refractivity contribution >= 4 is 5.96 Å².